The lowest BCUT2D eigenvalue weighted by molar-refractivity contribution is -0.143. The fourth-order valence-electron chi connectivity index (χ4n) is 8.59. The normalized spacial score (nSPS) is 20.6. The number of aliphatic hydroxyl groups excluding tert-OH is 1. The third kappa shape index (κ3) is 10.7. The van der Waals surface area contributed by atoms with Crippen molar-refractivity contribution in [3.8, 4) is 0 Å². The molecule has 59 heavy (non-hydrogen) atoms. The summed E-state index contributed by atoms with van der Waals surface area (Å²) in [7, 11) is 1.76. The van der Waals surface area contributed by atoms with Gasteiger partial charge in [-0.1, -0.05) is 53.5 Å². The number of likely N-dealkylation sites (N-methyl/N-ethyl adjacent to an activating group) is 1. The summed E-state index contributed by atoms with van der Waals surface area (Å²) >= 11 is 12.7. The van der Waals surface area contributed by atoms with Crippen LogP contribution in [-0.4, -0.2) is 104 Å². The number of carbonyl (C=O) groups excluding carboxylic acids is 2. The molecule has 0 unspecified atom stereocenters. The number of carbonyl (C=O) groups is 2. The van der Waals surface area contributed by atoms with Gasteiger partial charge in [-0.05, 0) is 105 Å². The fourth-order valence-corrected chi connectivity index (χ4v) is 8.89. The highest BCUT2D eigenvalue weighted by Crippen LogP contribution is 2.48. The molecular formula is C42H48Cl3F6N3O5. The molecular weight excluding hydrogens is 847 g/mol. The Balaban J connectivity index is 0.00000661. The molecule has 3 aromatic carbocycles. The molecule has 2 atom stereocenters. The number of rotatable bonds is 13. The van der Waals surface area contributed by atoms with Crippen LogP contribution in [0.2, 0.25) is 10.0 Å². The molecule has 2 aliphatic heterocycles. The number of piperidine rings is 1. The molecule has 2 fully saturated rings. The molecule has 0 bridgehead atoms. The third-order valence-corrected chi connectivity index (χ3v) is 12.6. The van der Waals surface area contributed by atoms with E-state index >= 15 is 0 Å². The number of hydrogen-bond donors (Lipinski definition) is 1. The molecule has 2 saturated heterocycles. The largest absolute Gasteiger partial charge is 0.416 e. The number of nitrogens with zero attached hydrogens (tertiary/aromatic N) is 3. The zero-order valence-corrected chi connectivity index (χ0v) is 34.8. The molecule has 2 heterocycles. The topological polar surface area (TPSA) is 82.5 Å². The lowest BCUT2D eigenvalue weighted by Crippen LogP contribution is -2.54. The van der Waals surface area contributed by atoms with E-state index in [1.54, 1.807) is 30.1 Å². The average molecular weight is 895 g/mol. The number of morpholine rings is 1. The van der Waals surface area contributed by atoms with E-state index in [1.165, 1.54) is 16.0 Å². The van der Waals surface area contributed by atoms with Crippen LogP contribution in [0.1, 0.15) is 76.7 Å². The summed E-state index contributed by atoms with van der Waals surface area (Å²) in [6.45, 7) is 2.21. The van der Waals surface area contributed by atoms with Crippen LogP contribution in [0.4, 0.5) is 26.3 Å². The summed E-state index contributed by atoms with van der Waals surface area (Å²) in [6, 6.07) is 14.0. The summed E-state index contributed by atoms with van der Waals surface area (Å²) in [6.07, 6.45) is -5.65. The second-order valence-corrected chi connectivity index (χ2v) is 16.3. The number of hydrogen-bond acceptors (Lipinski definition) is 6. The lowest BCUT2D eigenvalue weighted by Gasteiger charge is -2.46. The Labute approximate surface area is 356 Å². The number of benzene rings is 3. The molecule has 1 aliphatic carbocycles. The van der Waals surface area contributed by atoms with Crippen LogP contribution in [0.25, 0.3) is 0 Å². The molecule has 17 heteroatoms. The first kappa shape index (κ1) is 46.9. The number of aliphatic hydroxyl groups is 1. The molecule has 8 nitrogen and oxygen atoms in total. The van der Waals surface area contributed by atoms with Crippen molar-refractivity contribution in [1.82, 2.24) is 14.7 Å². The van der Waals surface area contributed by atoms with Gasteiger partial charge in [0.2, 0.25) is 5.91 Å². The van der Waals surface area contributed by atoms with Crippen molar-refractivity contribution < 1.29 is 50.5 Å². The van der Waals surface area contributed by atoms with Gasteiger partial charge in [-0.2, -0.15) is 26.3 Å². The van der Waals surface area contributed by atoms with Crippen LogP contribution < -0.4 is 0 Å². The fraction of sp³-hybridized carbons (Fsp3) is 0.524. The minimum atomic E-state index is -5.11. The monoisotopic (exact) mass is 893 g/mol. The lowest BCUT2D eigenvalue weighted by atomic mass is 9.72. The number of likely N-dealkylation sites (tertiary alicyclic amines) is 1. The van der Waals surface area contributed by atoms with Crippen molar-refractivity contribution in [2.45, 2.75) is 74.4 Å². The number of amides is 2. The molecule has 0 radical (unpaired) electrons. The van der Waals surface area contributed by atoms with Gasteiger partial charge in [0.05, 0.1) is 40.4 Å². The van der Waals surface area contributed by atoms with E-state index in [4.69, 9.17) is 37.8 Å². The minimum Gasteiger partial charge on any atom is -0.396 e. The van der Waals surface area contributed by atoms with E-state index in [9.17, 15) is 35.9 Å². The van der Waals surface area contributed by atoms with E-state index in [0.717, 1.165) is 25.7 Å². The summed E-state index contributed by atoms with van der Waals surface area (Å²) in [5.41, 5.74) is -2.44. The van der Waals surface area contributed by atoms with Crippen LogP contribution in [0.3, 0.4) is 0 Å². The number of unbranched alkanes of at least 4 members (excludes halogenated alkanes) is 2. The van der Waals surface area contributed by atoms with Gasteiger partial charge >= 0.3 is 12.4 Å². The van der Waals surface area contributed by atoms with Crippen LogP contribution >= 0.6 is 35.6 Å². The van der Waals surface area contributed by atoms with Crippen molar-refractivity contribution in [2.75, 3.05) is 66.1 Å². The van der Waals surface area contributed by atoms with Gasteiger partial charge in [-0.25, -0.2) is 0 Å². The highest BCUT2D eigenvalue weighted by atomic mass is 35.5. The number of fused-ring (bicyclic) bond motifs is 2. The number of alkyl halides is 6. The van der Waals surface area contributed by atoms with Crippen LogP contribution in [0, 0.1) is 0 Å². The van der Waals surface area contributed by atoms with Crippen LogP contribution in [0.5, 0.6) is 0 Å². The predicted molar refractivity (Wildman–Crippen MR) is 214 cm³/mol. The molecule has 0 aromatic heterocycles. The van der Waals surface area contributed by atoms with Crippen LogP contribution in [-0.2, 0) is 44.1 Å². The van der Waals surface area contributed by atoms with Gasteiger partial charge in [0.1, 0.15) is 12.2 Å². The Morgan fingerprint density at radius 2 is 1.59 bits per heavy atom. The molecule has 1 spiro atoms. The van der Waals surface area contributed by atoms with Gasteiger partial charge < -0.3 is 29.3 Å². The molecule has 0 saturated carbocycles. The van der Waals surface area contributed by atoms with E-state index in [-0.39, 0.29) is 78.9 Å². The van der Waals surface area contributed by atoms with Crippen molar-refractivity contribution in [3.63, 3.8) is 0 Å². The Morgan fingerprint density at radius 1 is 0.915 bits per heavy atom. The highest BCUT2D eigenvalue weighted by Gasteiger charge is 2.50. The minimum absolute atomic E-state index is 0. The molecule has 3 aliphatic rings. The summed E-state index contributed by atoms with van der Waals surface area (Å²) in [5, 5.41) is 9.55. The highest BCUT2D eigenvalue weighted by molar-refractivity contribution is 6.42. The Hall–Kier alpha value is -3.11. The zero-order valence-electron chi connectivity index (χ0n) is 32.5. The van der Waals surface area contributed by atoms with E-state index < -0.39 is 40.6 Å². The average Bonchev–Trinajstić information content (AvgIpc) is 3.50. The maximum Gasteiger partial charge on any atom is 0.416 e. The zero-order chi connectivity index (χ0) is 41.9. The molecule has 1 N–H and O–H groups in total. The van der Waals surface area contributed by atoms with Gasteiger partial charge in [-0.15, -0.1) is 12.4 Å². The Kier molecular flexibility index (Phi) is 15.4. The second-order valence-electron chi connectivity index (χ2n) is 15.5. The molecule has 3 aromatic rings. The summed E-state index contributed by atoms with van der Waals surface area (Å²) in [4.78, 5) is 32.0. The molecule has 2 amide bonds. The number of ether oxygens (including phenoxy) is 2. The van der Waals surface area contributed by atoms with Gasteiger partial charge in [-0.3, -0.25) is 9.59 Å². The SMILES string of the molecule is CN(CCCCCO)C(=O)CO[C@H]1Cc2ccccc2C12CCN(CC[C@]1(c3ccc(Cl)c(Cl)c3)CN(C(=O)c3cc(C(F)(F)F)cc(C(F)(F)F)c3)CCO1)CC2.Cl. The first-order valence-electron chi connectivity index (χ1n) is 19.4. The number of halogens is 9. The van der Waals surface area contributed by atoms with E-state index in [0.29, 0.717) is 63.1 Å². The van der Waals surface area contributed by atoms with Crippen LogP contribution in [0.15, 0.2) is 60.7 Å². The Morgan fingerprint density at radius 3 is 2.24 bits per heavy atom. The first-order valence-corrected chi connectivity index (χ1v) is 20.2. The van der Waals surface area contributed by atoms with Gasteiger partial charge in [0.15, 0.2) is 0 Å². The predicted octanol–water partition coefficient (Wildman–Crippen LogP) is 8.81. The van der Waals surface area contributed by atoms with Gasteiger partial charge in [0, 0.05) is 44.3 Å². The van der Waals surface area contributed by atoms with Crippen molar-refractivity contribution >= 4 is 47.4 Å². The first-order chi connectivity index (χ1) is 27.5. The van der Waals surface area contributed by atoms with Crippen molar-refractivity contribution in [3.05, 3.63) is 104 Å². The third-order valence-electron chi connectivity index (χ3n) is 11.9. The van der Waals surface area contributed by atoms with Crippen molar-refractivity contribution in [1.29, 1.82) is 0 Å². The quantitative estimate of drug-likeness (QED) is 0.137. The Bertz CT molecular complexity index is 1910. The summed E-state index contributed by atoms with van der Waals surface area (Å²) in [5.74, 6) is -1.09. The maximum absolute atomic E-state index is 13.8. The van der Waals surface area contributed by atoms with Gasteiger partial charge in [0.25, 0.3) is 5.91 Å². The molecule has 6 rings (SSSR count). The molecule has 324 valence electrons. The summed E-state index contributed by atoms with van der Waals surface area (Å²) < 4.78 is 95.2. The second kappa shape index (κ2) is 19.3. The van der Waals surface area contributed by atoms with E-state index in [1.807, 2.05) is 12.1 Å². The maximum atomic E-state index is 13.8. The standard InChI is InChI=1S/C42H47Cl2F6N3O5.ClH/c1-51(14-5-2-6-19-54)37(55)26-57-36-23-28-7-3-4-8-33(28)39(36)11-15-52(16-12-39)17-13-40(30-9-10-34(43)35(44)25-30)27-53(18-20-58-40)38(56)29-21-31(41(45,46)47)24-32(22-29)42(48,49)50;/h3-4,7-10,21-22,24-25,36,54H,2,5-6,11-20,23,26-27H2,1H3;1H/t36-,40+;/m0./s1. The van der Waals surface area contributed by atoms with Crippen molar-refractivity contribution in [2.24, 2.45) is 0 Å². The van der Waals surface area contributed by atoms with E-state index in [2.05, 4.69) is 17.0 Å². The smallest absolute Gasteiger partial charge is 0.396 e.